The van der Waals surface area contributed by atoms with Crippen LogP contribution in [0.4, 0.5) is 0 Å². The Morgan fingerprint density at radius 3 is 2.77 bits per heavy atom. The zero-order valence-corrected chi connectivity index (χ0v) is 8.41. The van der Waals surface area contributed by atoms with E-state index in [2.05, 4.69) is 9.80 Å². The summed E-state index contributed by atoms with van der Waals surface area (Å²) in [5, 5.41) is 0. The highest BCUT2D eigenvalue weighted by molar-refractivity contribution is 4.88. The summed E-state index contributed by atoms with van der Waals surface area (Å²) in [5.74, 6) is 1.08. The highest BCUT2D eigenvalue weighted by Crippen LogP contribution is 2.31. The maximum Gasteiger partial charge on any atom is 0.0224 e. The summed E-state index contributed by atoms with van der Waals surface area (Å²) in [6, 6.07) is 0.924. The molecule has 0 aromatic rings. The Morgan fingerprint density at radius 2 is 1.92 bits per heavy atom. The molecule has 0 spiro atoms. The standard InChI is InChI=1S/C11H20N2/c1-2-11-9-12(8-10-3-4-10)6-7-13(11)5-1/h10-11H,1-9H2. The fraction of sp³-hybridized carbons (Fsp3) is 1.00. The summed E-state index contributed by atoms with van der Waals surface area (Å²) < 4.78 is 0. The van der Waals surface area contributed by atoms with Crippen LogP contribution < -0.4 is 0 Å². The van der Waals surface area contributed by atoms with Crippen molar-refractivity contribution in [3.8, 4) is 0 Å². The third-order valence-corrected chi connectivity index (χ3v) is 3.88. The zero-order chi connectivity index (χ0) is 8.67. The maximum absolute atomic E-state index is 2.71. The minimum atomic E-state index is 0.924. The topological polar surface area (TPSA) is 6.48 Å². The SMILES string of the molecule is C1CC2CN(CC3CC3)CCN2C1. The van der Waals surface area contributed by atoms with Gasteiger partial charge in [0, 0.05) is 32.2 Å². The number of hydrogen-bond donors (Lipinski definition) is 0. The van der Waals surface area contributed by atoms with Crippen LogP contribution in [0.2, 0.25) is 0 Å². The van der Waals surface area contributed by atoms with Gasteiger partial charge in [-0.05, 0) is 38.1 Å². The van der Waals surface area contributed by atoms with Crippen molar-refractivity contribution in [2.45, 2.75) is 31.7 Å². The number of nitrogens with zero attached hydrogens (tertiary/aromatic N) is 2. The van der Waals surface area contributed by atoms with Crippen molar-refractivity contribution in [3.63, 3.8) is 0 Å². The fourth-order valence-electron chi connectivity index (χ4n) is 2.89. The molecule has 74 valence electrons. The molecular formula is C11H20N2. The molecule has 0 radical (unpaired) electrons. The van der Waals surface area contributed by atoms with Gasteiger partial charge in [-0.25, -0.2) is 0 Å². The summed E-state index contributed by atoms with van der Waals surface area (Å²) in [6.45, 7) is 6.84. The molecule has 0 aromatic heterocycles. The monoisotopic (exact) mass is 180 g/mol. The first-order chi connectivity index (χ1) is 6.42. The lowest BCUT2D eigenvalue weighted by molar-refractivity contribution is 0.101. The first-order valence-corrected chi connectivity index (χ1v) is 5.88. The molecule has 2 saturated heterocycles. The second-order valence-corrected chi connectivity index (χ2v) is 5.03. The van der Waals surface area contributed by atoms with Crippen LogP contribution in [0.15, 0.2) is 0 Å². The molecule has 1 aliphatic carbocycles. The zero-order valence-electron chi connectivity index (χ0n) is 8.41. The van der Waals surface area contributed by atoms with E-state index in [4.69, 9.17) is 0 Å². The lowest BCUT2D eigenvalue weighted by Gasteiger charge is -2.37. The average molecular weight is 180 g/mol. The van der Waals surface area contributed by atoms with Crippen molar-refractivity contribution in [2.24, 2.45) is 5.92 Å². The van der Waals surface area contributed by atoms with Crippen molar-refractivity contribution in [2.75, 3.05) is 32.7 Å². The molecule has 0 amide bonds. The van der Waals surface area contributed by atoms with Gasteiger partial charge in [-0.2, -0.15) is 0 Å². The Balaban J connectivity index is 1.54. The van der Waals surface area contributed by atoms with Gasteiger partial charge in [-0.15, -0.1) is 0 Å². The van der Waals surface area contributed by atoms with Crippen molar-refractivity contribution in [1.82, 2.24) is 9.80 Å². The van der Waals surface area contributed by atoms with Gasteiger partial charge >= 0.3 is 0 Å². The van der Waals surface area contributed by atoms with Crippen molar-refractivity contribution in [3.05, 3.63) is 0 Å². The third kappa shape index (κ3) is 1.75. The Hall–Kier alpha value is -0.0800. The van der Waals surface area contributed by atoms with E-state index >= 15 is 0 Å². The summed E-state index contributed by atoms with van der Waals surface area (Å²) >= 11 is 0. The molecule has 2 aliphatic heterocycles. The van der Waals surface area contributed by atoms with E-state index in [9.17, 15) is 0 Å². The Labute approximate surface area is 80.9 Å². The summed E-state index contributed by atoms with van der Waals surface area (Å²) in [5.41, 5.74) is 0. The molecule has 13 heavy (non-hydrogen) atoms. The number of rotatable bonds is 2. The Morgan fingerprint density at radius 1 is 1.00 bits per heavy atom. The first-order valence-electron chi connectivity index (χ1n) is 5.88. The molecule has 3 fully saturated rings. The van der Waals surface area contributed by atoms with Crippen LogP contribution in [0.25, 0.3) is 0 Å². The molecule has 2 nitrogen and oxygen atoms in total. The lowest BCUT2D eigenvalue weighted by Crippen LogP contribution is -2.50. The van der Waals surface area contributed by atoms with E-state index in [1.54, 1.807) is 0 Å². The molecular weight excluding hydrogens is 160 g/mol. The van der Waals surface area contributed by atoms with Crippen LogP contribution in [-0.4, -0.2) is 48.6 Å². The smallest absolute Gasteiger partial charge is 0.0224 e. The van der Waals surface area contributed by atoms with E-state index in [1.807, 2.05) is 0 Å². The molecule has 1 unspecified atom stereocenters. The summed E-state index contributed by atoms with van der Waals surface area (Å²) in [7, 11) is 0. The molecule has 2 heterocycles. The summed E-state index contributed by atoms with van der Waals surface area (Å²) in [6.07, 6.45) is 5.92. The largest absolute Gasteiger partial charge is 0.300 e. The molecule has 0 aromatic carbocycles. The number of piperazine rings is 1. The van der Waals surface area contributed by atoms with Gasteiger partial charge in [0.05, 0.1) is 0 Å². The molecule has 3 rings (SSSR count). The van der Waals surface area contributed by atoms with Crippen LogP contribution in [0, 0.1) is 5.92 Å². The van der Waals surface area contributed by atoms with Gasteiger partial charge in [0.15, 0.2) is 0 Å². The van der Waals surface area contributed by atoms with Crippen molar-refractivity contribution in [1.29, 1.82) is 0 Å². The van der Waals surface area contributed by atoms with E-state index in [0.29, 0.717) is 0 Å². The molecule has 3 aliphatic rings. The molecule has 0 bridgehead atoms. The van der Waals surface area contributed by atoms with Crippen LogP contribution in [-0.2, 0) is 0 Å². The molecule has 1 saturated carbocycles. The first kappa shape index (κ1) is 8.25. The lowest BCUT2D eigenvalue weighted by atomic mass is 10.1. The predicted molar refractivity (Wildman–Crippen MR) is 53.8 cm³/mol. The quantitative estimate of drug-likeness (QED) is 0.629. The molecule has 0 N–H and O–H groups in total. The fourth-order valence-corrected chi connectivity index (χ4v) is 2.89. The maximum atomic E-state index is 2.71. The highest BCUT2D eigenvalue weighted by Gasteiger charge is 2.32. The predicted octanol–water partition coefficient (Wildman–Crippen LogP) is 1.18. The second-order valence-electron chi connectivity index (χ2n) is 5.03. The van der Waals surface area contributed by atoms with Crippen LogP contribution in [0.1, 0.15) is 25.7 Å². The van der Waals surface area contributed by atoms with Gasteiger partial charge in [0.2, 0.25) is 0 Å². The minimum absolute atomic E-state index is 0.924. The third-order valence-electron chi connectivity index (χ3n) is 3.88. The van der Waals surface area contributed by atoms with E-state index in [-0.39, 0.29) is 0 Å². The Bertz CT molecular complexity index is 189. The van der Waals surface area contributed by atoms with E-state index in [1.165, 1.54) is 58.4 Å². The summed E-state index contributed by atoms with van der Waals surface area (Å²) in [4.78, 5) is 5.41. The highest BCUT2D eigenvalue weighted by atomic mass is 15.3. The van der Waals surface area contributed by atoms with Crippen LogP contribution in [0.3, 0.4) is 0 Å². The van der Waals surface area contributed by atoms with Crippen molar-refractivity contribution < 1.29 is 0 Å². The average Bonchev–Trinajstić information content (AvgIpc) is 2.83. The normalized spacial score (nSPS) is 36.5. The number of fused-ring (bicyclic) bond motifs is 1. The van der Waals surface area contributed by atoms with Gasteiger partial charge in [-0.1, -0.05) is 0 Å². The van der Waals surface area contributed by atoms with Gasteiger partial charge in [-0.3, -0.25) is 4.90 Å². The van der Waals surface area contributed by atoms with Crippen LogP contribution >= 0.6 is 0 Å². The van der Waals surface area contributed by atoms with Crippen molar-refractivity contribution >= 4 is 0 Å². The Kier molecular flexibility index (Phi) is 2.06. The molecule has 2 heteroatoms. The second kappa shape index (κ2) is 3.25. The van der Waals surface area contributed by atoms with E-state index < -0.39 is 0 Å². The molecule has 1 atom stereocenters. The van der Waals surface area contributed by atoms with E-state index in [0.717, 1.165) is 12.0 Å². The van der Waals surface area contributed by atoms with Crippen LogP contribution in [0.5, 0.6) is 0 Å². The van der Waals surface area contributed by atoms with Gasteiger partial charge in [0.1, 0.15) is 0 Å². The number of hydrogen-bond acceptors (Lipinski definition) is 2. The minimum Gasteiger partial charge on any atom is -0.300 e. The van der Waals surface area contributed by atoms with Gasteiger partial charge in [0.25, 0.3) is 0 Å². The van der Waals surface area contributed by atoms with Gasteiger partial charge < -0.3 is 4.90 Å².